The topological polar surface area (TPSA) is 63.4 Å². The molecule has 0 aromatic heterocycles. The molecular formula is C23H29ClN2O2. The minimum Gasteiger partial charge on any atom is -0.338 e. The van der Waals surface area contributed by atoms with Crippen molar-refractivity contribution in [2.45, 2.75) is 39.7 Å². The van der Waals surface area contributed by atoms with Gasteiger partial charge in [0, 0.05) is 30.3 Å². The average molecular weight is 401 g/mol. The fourth-order valence-corrected chi connectivity index (χ4v) is 3.70. The Balaban J connectivity index is 0.00000280. The first-order chi connectivity index (χ1) is 12.9. The van der Waals surface area contributed by atoms with Crippen molar-refractivity contribution in [2.24, 2.45) is 11.7 Å². The van der Waals surface area contributed by atoms with Crippen molar-refractivity contribution in [3.8, 4) is 0 Å². The van der Waals surface area contributed by atoms with Gasteiger partial charge in [0.2, 0.25) is 0 Å². The Morgan fingerprint density at radius 1 is 1.07 bits per heavy atom. The number of amides is 1. The molecule has 2 N–H and O–H groups in total. The minimum atomic E-state index is -0.109. The zero-order valence-electron chi connectivity index (χ0n) is 16.8. The van der Waals surface area contributed by atoms with E-state index in [2.05, 4.69) is 0 Å². The highest BCUT2D eigenvalue weighted by Gasteiger charge is 2.28. The summed E-state index contributed by atoms with van der Waals surface area (Å²) < 4.78 is 0. The molecule has 0 aliphatic carbocycles. The van der Waals surface area contributed by atoms with Gasteiger partial charge in [-0.1, -0.05) is 30.3 Å². The highest BCUT2D eigenvalue weighted by molar-refractivity contribution is 6.15. The van der Waals surface area contributed by atoms with Gasteiger partial charge in [-0.2, -0.15) is 0 Å². The number of nitrogens with two attached hydrogens (primary N) is 1. The maximum absolute atomic E-state index is 13.2. The Morgan fingerprint density at radius 3 is 2.39 bits per heavy atom. The third kappa shape index (κ3) is 4.62. The zero-order valence-corrected chi connectivity index (χ0v) is 17.6. The van der Waals surface area contributed by atoms with Crippen molar-refractivity contribution in [2.75, 3.05) is 13.1 Å². The van der Waals surface area contributed by atoms with Crippen LogP contribution in [0.3, 0.4) is 0 Å². The van der Waals surface area contributed by atoms with Crippen molar-refractivity contribution >= 4 is 24.1 Å². The molecule has 0 bridgehead atoms. The van der Waals surface area contributed by atoms with Gasteiger partial charge in [-0.15, -0.1) is 12.4 Å². The quantitative estimate of drug-likeness (QED) is 0.784. The molecule has 3 rings (SSSR count). The smallest absolute Gasteiger partial charge is 0.254 e. The summed E-state index contributed by atoms with van der Waals surface area (Å²) in [6, 6.07) is 12.9. The van der Waals surface area contributed by atoms with Gasteiger partial charge in [-0.05, 0) is 62.8 Å². The minimum absolute atomic E-state index is 0. The molecule has 1 aliphatic heterocycles. The van der Waals surface area contributed by atoms with Gasteiger partial charge in [0.15, 0.2) is 5.78 Å². The SMILES string of the molecule is Cc1ccc(C(=O)c2ccccc2C(=O)N2CCCC(C(C)N)C2)cc1C.Cl. The predicted octanol–water partition coefficient (Wildman–Crippen LogP) is 4.16. The lowest BCUT2D eigenvalue weighted by atomic mass is 9.91. The van der Waals surface area contributed by atoms with Crippen LogP contribution in [0.4, 0.5) is 0 Å². The number of rotatable bonds is 4. The maximum Gasteiger partial charge on any atom is 0.254 e. The van der Waals surface area contributed by atoms with Crippen molar-refractivity contribution in [1.82, 2.24) is 4.90 Å². The Kier molecular flexibility index (Phi) is 7.39. The molecule has 5 heteroatoms. The highest BCUT2D eigenvalue weighted by atomic mass is 35.5. The third-order valence-corrected chi connectivity index (χ3v) is 5.66. The second kappa shape index (κ2) is 9.35. The maximum atomic E-state index is 13.2. The third-order valence-electron chi connectivity index (χ3n) is 5.66. The molecule has 2 aromatic rings. The standard InChI is InChI=1S/C23H28N2O2.ClH/c1-15-10-11-18(13-16(15)2)22(26)20-8-4-5-9-21(20)23(27)25-12-6-7-19(14-25)17(3)24;/h4-5,8-11,13,17,19H,6-7,12,14,24H2,1-3H3;1H. The van der Waals surface area contributed by atoms with Gasteiger partial charge in [0.05, 0.1) is 5.56 Å². The van der Waals surface area contributed by atoms with Crippen molar-refractivity contribution in [1.29, 1.82) is 0 Å². The van der Waals surface area contributed by atoms with Crippen LogP contribution >= 0.6 is 12.4 Å². The van der Waals surface area contributed by atoms with E-state index in [9.17, 15) is 9.59 Å². The molecule has 4 nitrogen and oxygen atoms in total. The number of nitrogens with zero attached hydrogens (tertiary/aromatic N) is 1. The first-order valence-corrected chi connectivity index (χ1v) is 9.64. The molecule has 2 atom stereocenters. The fourth-order valence-electron chi connectivity index (χ4n) is 3.70. The molecule has 0 spiro atoms. The summed E-state index contributed by atoms with van der Waals surface area (Å²) in [5.41, 5.74) is 9.83. The molecule has 1 amide bonds. The van der Waals surface area contributed by atoms with Crippen LogP contribution in [-0.2, 0) is 0 Å². The molecule has 1 saturated heterocycles. The van der Waals surface area contributed by atoms with E-state index in [1.807, 2.05) is 56.0 Å². The monoisotopic (exact) mass is 400 g/mol. The van der Waals surface area contributed by atoms with Crippen molar-refractivity contribution < 1.29 is 9.59 Å². The Hall–Kier alpha value is -2.17. The van der Waals surface area contributed by atoms with E-state index in [0.29, 0.717) is 35.7 Å². The van der Waals surface area contributed by atoms with Crippen LogP contribution < -0.4 is 5.73 Å². The van der Waals surface area contributed by atoms with Gasteiger partial charge >= 0.3 is 0 Å². The number of carbonyl (C=O) groups excluding carboxylic acids is 2. The summed E-state index contributed by atoms with van der Waals surface area (Å²) >= 11 is 0. The Bertz CT molecular complexity index is 863. The van der Waals surface area contributed by atoms with Crippen molar-refractivity contribution in [3.05, 3.63) is 70.3 Å². The predicted molar refractivity (Wildman–Crippen MR) is 115 cm³/mol. The molecule has 2 unspecified atom stereocenters. The van der Waals surface area contributed by atoms with E-state index in [1.54, 1.807) is 12.1 Å². The van der Waals surface area contributed by atoms with Crippen molar-refractivity contribution in [3.63, 3.8) is 0 Å². The van der Waals surface area contributed by atoms with E-state index in [0.717, 1.165) is 24.0 Å². The van der Waals surface area contributed by atoms with E-state index in [4.69, 9.17) is 5.73 Å². The first-order valence-electron chi connectivity index (χ1n) is 9.64. The van der Waals surface area contributed by atoms with Crippen LogP contribution in [0.25, 0.3) is 0 Å². The normalized spacial score (nSPS) is 17.6. The Morgan fingerprint density at radius 2 is 1.75 bits per heavy atom. The zero-order chi connectivity index (χ0) is 19.6. The summed E-state index contributed by atoms with van der Waals surface area (Å²) in [5.74, 6) is 0.126. The lowest BCUT2D eigenvalue weighted by Crippen LogP contribution is -2.45. The fraction of sp³-hybridized carbons (Fsp3) is 0.391. The summed E-state index contributed by atoms with van der Waals surface area (Å²) in [5, 5.41) is 0. The number of carbonyl (C=O) groups is 2. The van der Waals surface area contributed by atoms with Gasteiger partial charge in [-0.3, -0.25) is 9.59 Å². The van der Waals surface area contributed by atoms with Gasteiger partial charge in [-0.25, -0.2) is 0 Å². The van der Waals surface area contributed by atoms with Crippen LogP contribution in [0.15, 0.2) is 42.5 Å². The van der Waals surface area contributed by atoms with Crippen LogP contribution in [-0.4, -0.2) is 35.7 Å². The first kappa shape index (κ1) is 22.1. The molecule has 0 radical (unpaired) electrons. The van der Waals surface area contributed by atoms with Gasteiger partial charge < -0.3 is 10.6 Å². The van der Waals surface area contributed by atoms with Gasteiger partial charge in [0.1, 0.15) is 0 Å². The van der Waals surface area contributed by atoms with Crippen LogP contribution in [0.5, 0.6) is 0 Å². The number of piperidine rings is 1. The van der Waals surface area contributed by atoms with E-state index >= 15 is 0 Å². The molecule has 0 saturated carbocycles. The number of aryl methyl sites for hydroxylation is 2. The summed E-state index contributed by atoms with van der Waals surface area (Å²) in [6.45, 7) is 7.38. The molecule has 2 aromatic carbocycles. The molecule has 1 aliphatic rings. The van der Waals surface area contributed by atoms with Crippen LogP contribution in [0, 0.1) is 19.8 Å². The van der Waals surface area contributed by atoms with Crippen LogP contribution in [0.1, 0.15) is 57.2 Å². The molecule has 1 heterocycles. The number of halogens is 1. The molecule has 150 valence electrons. The number of hydrogen-bond acceptors (Lipinski definition) is 3. The van der Waals surface area contributed by atoms with E-state index in [-0.39, 0.29) is 30.1 Å². The number of likely N-dealkylation sites (tertiary alicyclic amines) is 1. The molecule has 28 heavy (non-hydrogen) atoms. The second-order valence-corrected chi connectivity index (χ2v) is 7.69. The second-order valence-electron chi connectivity index (χ2n) is 7.69. The highest BCUT2D eigenvalue weighted by Crippen LogP contribution is 2.23. The summed E-state index contributed by atoms with van der Waals surface area (Å²) in [6.07, 6.45) is 2.00. The summed E-state index contributed by atoms with van der Waals surface area (Å²) in [4.78, 5) is 28.1. The Labute approximate surface area is 173 Å². The number of benzene rings is 2. The number of ketones is 1. The lowest BCUT2D eigenvalue weighted by molar-refractivity contribution is 0.0657. The number of hydrogen-bond donors (Lipinski definition) is 1. The largest absolute Gasteiger partial charge is 0.338 e. The van der Waals surface area contributed by atoms with E-state index < -0.39 is 0 Å². The molecular weight excluding hydrogens is 372 g/mol. The summed E-state index contributed by atoms with van der Waals surface area (Å²) in [7, 11) is 0. The van der Waals surface area contributed by atoms with E-state index in [1.165, 1.54) is 0 Å². The van der Waals surface area contributed by atoms with Crippen LogP contribution in [0.2, 0.25) is 0 Å². The lowest BCUT2D eigenvalue weighted by Gasteiger charge is -2.35. The average Bonchev–Trinajstić information content (AvgIpc) is 2.69. The van der Waals surface area contributed by atoms with Gasteiger partial charge in [0.25, 0.3) is 5.91 Å². The molecule has 1 fully saturated rings.